The number of hydrogen-bond donors (Lipinski definition) is 2. The van der Waals surface area contributed by atoms with E-state index in [0.29, 0.717) is 13.0 Å². The quantitative estimate of drug-likeness (QED) is 0.715. The first kappa shape index (κ1) is 15.3. The Morgan fingerprint density at radius 3 is 2.65 bits per heavy atom. The van der Waals surface area contributed by atoms with Crippen LogP contribution in [-0.2, 0) is 17.6 Å². The largest absolute Gasteiger partial charge is 0.361 e. The Labute approximate surface area is 136 Å². The summed E-state index contributed by atoms with van der Waals surface area (Å²) >= 11 is 0. The fraction of sp³-hybridized carbons (Fsp3) is 0.250. The molecule has 0 atom stereocenters. The molecule has 118 valence electrons. The van der Waals surface area contributed by atoms with Crippen LogP contribution in [0.4, 0.5) is 0 Å². The lowest BCUT2D eigenvalue weighted by atomic mass is 10.1. The molecular formula is C20H22N2O. The van der Waals surface area contributed by atoms with E-state index in [9.17, 15) is 4.79 Å². The van der Waals surface area contributed by atoms with Crippen molar-refractivity contribution in [3.63, 3.8) is 0 Å². The van der Waals surface area contributed by atoms with Crippen molar-refractivity contribution in [1.29, 1.82) is 0 Å². The Hall–Kier alpha value is -2.55. The molecule has 0 saturated carbocycles. The zero-order valence-corrected chi connectivity index (χ0v) is 13.4. The second-order valence-corrected chi connectivity index (χ2v) is 5.95. The molecule has 3 nitrogen and oxygen atoms in total. The first-order valence-electron chi connectivity index (χ1n) is 8.09. The summed E-state index contributed by atoms with van der Waals surface area (Å²) < 4.78 is 0. The number of aromatic nitrogens is 1. The van der Waals surface area contributed by atoms with Crippen LogP contribution in [-0.4, -0.2) is 17.4 Å². The second kappa shape index (κ2) is 7.14. The van der Waals surface area contributed by atoms with Gasteiger partial charge in [-0.3, -0.25) is 4.79 Å². The van der Waals surface area contributed by atoms with E-state index in [0.717, 1.165) is 18.4 Å². The first-order valence-corrected chi connectivity index (χ1v) is 8.09. The van der Waals surface area contributed by atoms with E-state index in [4.69, 9.17) is 0 Å². The van der Waals surface area contributed by atoms with Gasteiger partial charge in [-0.25, -0.2) is 0 Å². The molecule has 0 saturated heterocycles. The van der Waals surface area contributed by atoms with Gasteiger partial charge in [-0.15, -0.1) is 0 Å². The molecule has 2 N–H and O–H groups in total. The second-order valence-electron chi connectivity index (χ2n) is 5.95. The number of H-pyrrole nitrogens is 1. The highest BCUT2D eigenvalue weighted by atomic mass is 16.1. The predicted octanol–water partition coefficient (Wildman–Crippen LogP) is 3.77. The van der Waals surface area contributed by atoms with Crippen LogP contribution in [0.3, 0.4) is 0 Å². The number of hydrogen-bond acceptors (Lipinski definition) is 1. The summed E-state index contributed by atoms with van der Waals surface area (Å²) in [6.45, 7) is 2.75. The van der Waals surface area contributed by atoms with E-state index in [1.54, 1.807) is 0 Å². The lowest BCUT2D eigenvalue weighted by Gasteiger charge is -2.05. The predicted molar refractivity (Wildman–Crippen MR) is 94.5 cm³/mol. The monoisotopic (exact) mass is 306 g/mol. The molecule has 0 aliphatic carbocycles. The SMILES string of the molecule is Cc1ccc(CCC(=O)NCCc2c[nH]c3ccccc23)cc1. The molecule has 3 heteroatoms. The van der Waals surface area contributed by atoms with Gasteiger partial charge < -0.3 is 10.3 Å². The molecule has 0 spiro atoms. The molecule has 3 aromatic rings. The van der Waals surface area contributed by atoms with Gasteiger partial charge in [0.1, 0.15) is 0 Å². The summed E-state index contributed by atoms with van der Waals surface area (Å²) in [7, 11) is 0. The maximum absolute atomic E-state index is 12.0. The highest BCUT2D eigenvalue weighted by Crippen LogP contribution is 2.17. The smallest absolute Gasteiger partial charge is 0.220 e. The summed E-state index contributed by atoms with van der Waals surface area (Å²) in [4.78, 5) is 15.2. The molecule has 2 aromatic carbocycles. The molecule has 1 heterocycles. The van der Waals surface area contributed by atoms with Gasteiger partial charge in [0, 0.05) is 30.1 Å². The molecule has 23 heavy (non-hydrogen) atoms. The molecule has 1 amide bonds. The maximum atomic E-state index is 12.0. The van der Waals surface area contributed by atoms with Crippen molar-refractivity contribution in [3.8, 4) is 0 Å². The minimum Gasteiger partial charge on any atom is -0.361 e. The van der Waals surface area contributed by atoms with Crippen molar-refractivity contribution in [2.45, 2.75) is 26.2 Å². The number of fused-ring (bicyclic) bond motifs is 1. The van der Waals surface area contributed by atoms with Crippen LogP contribution < -0.4 is 5.32 Å². The standard InChI is InChI=1S/C20H22N2O/c1-15-6-8-16(9-7-15)10-11-20(23)21-13-12-17-14-22-19-5-3-2-4-18(17)19/h2-9,14,22H,10-13H2,1H3,(H,21,23). The molecule has 0 aliphatic heterocycles. The van der Waals surface area contributed by atoms with Gasteiger partial charge >= 0.3 is 0 Å². The zero-order chi connectivity index (χ0) is 16.1. The molecular weight excluding hydrogens is 284 g/mol. The Kier molecular flexibility index (Phi) is 4.77. The maximum Gasteiger partial charge on any atom is 0.220 e. The summed E-state index contributed by atoms with van der Waals surface area (Å²) in [6.07, 6.45) is 4.21. The molecule has 1 aromatic heterocycles. The third-order valence-electron chi connectivity index (χ3n) is 4.15. The third-order valence-corrected chi connectivity index (χ3v) is 4.15. The van der Waals surface area contributed by atoms with Crippen LogP contribution in [0.15, 0.2) is 54.7 Å². The van der Waals surface area contributed by atoms with E-state index in [-0.39, 0.29) is 5.91 Å². The number of amides is 1. The fourth-order valence-corrected chi connectivity index (χ4v) is 2.78. The number of para-hydroxylation sites is 1. The first-order chi connectivity index (χ1) is 11.2. The Morgan fingerprint density at radius 2 is 1.83 bits per heavy atom. The van der Waals surface area contributed by atoms with Crippen molar-refractivity contribution < 1.29 is 4.79 Å². The number of aryl methyl sites for hydroxylation is 2. The van der Waals surface area contributed by atoms with Crippen molar-refractivity contribution >= 4 is 16.8 Å². The number of carbonyl (C=O) groups excluding carboxylic acids is 1. The summed E-state index contributed by atoms with van der Waals surface area (Å²) in [5, 5.41) is 4.25. The Morgan fingerprint density at radius 1 is 1.04 bits per heavy atom. The van der Waals surface area contributed by atoms with Crippen LogP contribution >= 0.6 is 0 Å². The van der Waals surface area contributed by atoms with E-state index < -0.39 is 0 Å². The number of nitrogens with one attached hydrogen (secondary N) is 2. The van der Waals surface area contributed by atoms with Crippen molar-refractivity contribution in [2.75, 3.05) is 6.54 Å². The highest BCUT2D eigenvalue weighted by molar-refractivity contribution is 5.83. The minimum atomic E-state index is 0.116. The van der Waals surface area contributed by atoms with Gasteiger partial charge in [-0.2, -0.15) is 0 Å². The van der Waals surface area contributed by atoms with Crippen LogP contribution in [0, 0.1) is 6.92 Å². The van der Waals surface area contributed by atoms with Gasteiger partial charge in [-0.05, 0) is 37.0 Å². The fourth-order valence-electron chi connectivity index (χ4n) is 2.78. The molecule has 0 radical (unpaired) electrons. The van der Waals surface area contributed by atoms with E-state index >= 15 is 0 Å². The van der Waals surface area contributed by atoms with Gasteiger partial charge in [0.15, 0.2) is 0 Å². The zero-order valence-electron chi connectivity index (χ0n) is 13.4. The van der Waals surface area contributed by atoms with E-state index in [2.05, 4.69) is 53.6 Å². The highest BCUT2D eigenvalue weighted by Gasteiger charge is 2.05. The van der Waals surface area contributed by atoms with Crippen molar-refractivity contribution in [1.82, 2.24) is 10.3 Å². The molecule has 3 rings (SSSR count). The van der Waals surface area contributed by atoms with Crippen molar-refractivity contribution in [2.24, 2.45) is 0 Å². The lowest BCUT2D eigenvalue weighted by Crippen LogP contribution is -2.25. The van der Waals surface area contributed by atoms with E-state index in [1.807, 2.05) is 18.3 Å². The summed E-state index contributed by atoms with van der Waals surface area (Å²) in [5.41, 5.74) is 4.85. The van der Waals surface area contributed by atoms with E-state index in [1.165, 1.54) is 22.1 Å². The minimum absolute atomic E-state index is 0.116. The van der Waals surface area contributed by atoms with Crippen LogP contribution in [0.2, 0.25) is 0 Å². The van der Waals surface area contributed by atoms with Gasteiger partial charge in [-0.1, -0.05) is 48.0 Å². The topological polar surface area (TPSA) is 44.9 Å². The van der Waals surface area contributed by atoms with Gasteiger partial charge in [0.05, 0.1) is 0 Å². The summed E-state index contributed by atoms with van der Waals surface area (Å²) in [5.74, 6) is 0.116. The molecule has 0 fully saturated rings. The average Bonchev–Trinajstić information content (AvgIpc) is 2.98. The number of rotatable bonds is 6. The molecule has 0 unspecified atom stereocenters. The Bertz CT molecular complexity index is 787. The lowest BCUT2D eigenvalue weighted by molar-refractivity contribution is -0.121. The third kappa shape index (κ3) is 4.01. The number of aromatic amines is 1. The molecule has 0 bridgehead atoms. The normalized spacial score (nSPS) is 10.8. The summed E-state index contributed by atoms with van der Waals surface area (Å²) in [6, 6.07) is 16.6. The Balaban J connectivity index is 1.45. The van der Waals surface area contributed by atoms with Crippen LogP contribution in [0.5, 0.6) is 0 Å². The molecule has 0 aliphatic rings. The van der Waals surface area contributed by atoms with Crippen molar-refractivity contribution in [3.05, 3.63) is 71.4 Å². The van der Waals surface area contributed by atoms with Crippen LogP contribution in [0.1, 0.15) is 23.1 Å². The average molecular weight is 306 g/mol. The van der Waals surface area contributed by atoms with Gasteiger partial charge in [0.2, 0.25) is 5.91 Å². The number of carbonyl (C=O) groups is 1. The van der Waals surface area contributed by atoms with Crippen LogP contribution in [0.25, 0.3) is 10.9 Å². The number of benzene rings is 2. The van der Waals surface area contributed by atoms with Gasteiger partial charge in [0.25, 0.3) is 0 Å².